The molecular formula is C26H33F3N4O2. The third-order valence-electron chi connectivity index (χ3n) is 6.46. The van der Waals surface area contributed by atoms with Gasteiger partial charge in [-0.2, -0.15) is 0 Å². The molecule has 0 bridgehead atoms. The van der Waals surface area contributed by atoms with Crippen molar-refractivity contribution in [2.75, 3.05) is 5.32 Å². The number of fused-ring (bicyclic) bond motifs is 1. The maximum absolute atomic E-state index is 12.5. The van der Waals surface area contributed by atoms with Gasteiger partial charge < -0.3 is 20.4 Å². The number of aryl methyl sites for hydroxylation is 2. The van der Waals surface area contributed by atoms with E-state index in [1.54, 1.807) is 12.1 Å². The van der Waals surface area contributed by atoms with Gasteiger partial charge in [0, 0.05) is 11.7 Å². The van der Waals surface area contributed by atoms with Crippen LogP contribution in [0.1, 0.15) is 57.2 Å². The van der Waals surface area contributed by atoms with Crippen LogP contribution in [-0.4, -0.2) is 22.3 Å². The summed E-state index contributed by atoms with van der Waals surface area (Å²) in [5.41, 5.74) is 9.42. The summed E-state index contributed by atoms with van der Waals surface area (Å²) in [6.45, 7) is 11.1. The second-order valence-corrected chi connectivity index (χ2v) is 10.1. The van der Waals surface area contributed by atoms with Gasteiger partial charge in [-0.25, -0.2) is 4.98 Å². The number of hydrogen-bond donors (Lipinski definition) is 2. The Morgan fingerprint density at radius 3 is 2.34 bits per heavy atom. The van der Waals surface area contributed by atoms with Crippen LogP contribution in [0.5, 0.6) is 5.75 Å². The number of benzene rings is 2. The summed E-state index contributed by atoms with van der Waals surface area (Å²) in [6, 6.07) is 10.3. The first-order chi connectivity index (χ1) is 16.3. The number of alkyl halides is 3. The van der Waals surface area contributed by atoms with Crippen molar-refractivity contribution in [2.45, 2.75) is 66.3 Å². The molecule has 1 amide bonds. The van der Waals surface area contributed by atoms with Crippen LogP contribution >= 0.6 is 0 Å². The molecular weight excluding hydrogens is 457 g/mol. The summed E-state index contributed by atoms with van der Waals surface area (Å²) in [7, 11) is 0. The number of anilines is 2. The average molecular weight is 491 g/mol. The molecule has 1 saturated carbocycles. The third-order valence-corrected chi connectivity index (χ3v) is 6.46. The van der Waals surface area contributed by atoms with Crippen molar-refractivity contribution in [2.24, 2.45) is 17.1 Å². The number of primary amides is 1. The lowest BCUT2D eigenvalue weighted by Crippen LogP contribution is -2.29. The first-order valence-electron chi connectivity index (χ1n) is 11.6. The number of ether oxygens (including phenoxy) is 1. The summed E-state index contributed by atoms with van der Waals surface area (Å²) >= 11 is 0. The molecule has 0 aliphatic heterocycles. The van der Waals surface area contributed by atoms with Gasteiger partial charge in [-0.3, -0.25) is 4.79 Å². The molecule has 9 heteroatoms. The number of rotatable bonds is 4. The molecule has 1 aliphatic rings. The number of carbonyl (C=O) groups is 1. The molecule has 4 rings (SSSR count). The summed E-state index contributed by atoms with van der Waals surface area (Å²) in [6.07, 6.45) is -1.15. The summed E-state index contributed by atoms with van der Waals surface area (Å²) < 4.78 is 43.7. The number of nitrogens with one attached hydrogen (secondary N) is 1. The maximum atomic E-state index is 12.5. The summed E-state index contributed by atoms with van der Waals surface area (Å²) in [4.78, 5) is 13.5. The van der Waals surface area contributed by atoms with E-state index >= 15 is 0 Å². The highest BCUT2D eigenvalue weighted by molar-refractivity contribution is 5.84. The van der Waals surface area contributed by atoms with Crippen molar-refractivity contribution in [3.63, 3.8) is 0 Å². The minimum atomic E-state index is -4.71. The van der Waals surface area contributed by atoms with E-state index in [0.717, 1.165) is 29.4 Å². The van der Waals surface area contributed by atoms with Gasteiger partial charge in [-0.15, -0.1) is 13.2 Å². The van der Waals surface area contributed by atoms with E-state index in [4.69, 9.17) is 9.78 Å². The van der Waals surface area contributed by atoms with Crippen molar-refractivity contribution in [3.8, 4) is 5.75 Å². The van der Waals surface area contributed by atoms with E-state index in [-0.39, 0.29) is 23.6 Å². The molecule has 3 N–H and O–H groups in total. The lowest BCUT2D eigenvalue weighted by Gasteiger charge is -2.40. The SMILES string of the molecule is Cc1ccc2c(nc(Nc3ccc(OC(F)(F)F)cc3)n2C2CC(C)CC(C)(C)C2)c1C.NC=O. The molecule has 2 aromatic carbocycles. The lowest BCUT2D eigenvalue weighted by atomic mass is 9.70. The number of imidazole rings is 1. The van der Waals surface area contributed by atoms with Crippen LogP contribution in [0.2, 0.25) is 0 Å². The van der Waals surface area contributed by atoms with E-state index in [1.165, 1.54) is 24.1 Å². The van der Waals surface area contributed by atoms with Crippen LogP contribution in [0.25, 0.3) is 11.0 Å². The minimum Gasteiger partial charge on any atom is -0.406 e. The molecule has 0 spiro atoms. The quantitative estimate of drug-likeness (QED) is 0.395. The van der Waals surface area contributed by atoms with Gasteiger partial charge in [0.1, 0.15) is 5.75 Å². The molecule has 1 heterocycles. The largest absolute Gasteiger partial charge is 0.573 e. The zero-order valence-corrected chi connectivity index (χ0v) is 20.7. The number of hydrogen-bond acceptors (Lipinski definition) is 4. The lowest BCUT2D eigenvalue weighted by molar-refractivity contribution is -0.274. The normalized spacial score (nSPS) is 19.5. The number of nitrogens with zero attached hydrogens (tertiary/aromatic N) is 2. The first-order valence-corrected chi connectivity index (χ1v) is 11.6. The molecule has 0 radical (unpaired) electrons. The van der Waals surface area contributed by atoms with Crippen LogP contribution < -0.4 is 15.8 Å². The molecule has 35 heavy (non-hydrogen) atoms. The smallest absolute Gasteiger partial charge is 0.406 e. The molecule has 1 aromatic heterocycles. The zero-order valence-electron chi connectivity index (χ0n) is 20.7. The van der Waals surface area contributed by atoms with Gasteiger partial charge >= 0.3 is 6.36 Å². The molecule has 6 nitrogen and oxygen atoms in total. The minimum absolute atomic E-state index is 0.229. The second-order valence-electron chi connectivity index (χ2n) is 10.1. The summed E-state index contributed by atoms with van der Waals surface area (Å²) in [5, 5.41) is 3.35. The van der Waals surface area contributed by atoms with Gasteiger partial charge in [0.25, 0.3) is 0 Å². The molecule has 3 aromatic rings. The Labute approximate surface area is 203 Å². The van der Waals surface area contributed by atoms with Crippen LogP contribution in [-0.2, 0) is 4.79 Å². The predicted molar refractivity (Wildman–Crippen MR) is 132 cm³/mol. The second kappa shape index (κ2) is 10.2. The number of amides is 1. The number of carbonyl (C=O) groups excluding carboxylic acids is 1. The Balaban J connectivity index is 0.00000108. The highest BCUT2D eigenvalue weighted by Gasteiger charge is 2.35. The van der Waals surface area contributed by atoms with E-state index in [9.17, 15) is 13.2 Å². The van der Waals surface area contributed by atoms with Gasteiger partial charge in [0.05, 0.1) is 11.0 Å². The number of nitrogens with two attached hydrogens (primary N) is 1. The topological polar surface area (TPSA) is 82.2 Å². The molecule has 2 unspecified atom stereocenters. The number of aromatic nitrogens is 2. The van der Waals surface area contributed by atoms with Crippen LogP contribution in [0.15, 0.2) is 36.4 Å². The van der Waals surface area contributed by atoms with Gasteiger partial charge in [0.2, 0.25) is 12.4 Å². The van der Waals surface area contributed by atoms with Crippen molar-refractivity contribution in [1.29, 1.82) is 0 Å². The predicted octanol–water partition coefficient (Wildman–Crippen LogP) is 6.78. The first kappa shape index (κ1) is 26.4. The Hall–Kier alpha value is -3.23. The summed E-state index contributed by atoms with van der Waals surface area (Å²) in [5.74, 6) is 1.07. The highest BCUT2D eigenvalue weighted by Crippen LogP contribution is 2.46. The van der Waals surface area contributed by atoms with Crippen molar-refractivity contribution in [3.05, 3.63) is 47.5 Å². The average Bonchev–Trinajstić information content (AvgIpc) is 3.09. The van der Waals surface area contributed by atoms with E-state index < -0.39 is 6.36 Å². The van der Waals surface area contributed by atoms with Crippen molar-refractivity contribution >= 4 is 29.1 Å². The maximum Gasteiger partial charge on any atom is 0.573 e. The fourth-order valence-corrected chi connectivity index (χ4v) is 5.22. The highest BCUT2D eigenvalue weighted by atomic mass is 19.4. The fraction of sp³-hybridized carbons (Fsp3) is 0.462. The molecule has 2 atom stereocenters. The molecule has 1 aliphatic carbocycles. The van der Waals surface area contributed by atoms with Crippen LogP contribution in [0.4, 0.5) is 24.8 Å². The Morgan fingerprint density at radius 1 is 1.14 bits per heavy atom. The Bertz CT molecular complexity index is 1170. The zero-order chi connectivity index (χ0) is 26.0. The number of halogens is 3. The van der Waals surface area contributed by atoms with Crippen LogP contribution in [0, 0.1) is 25.2 Å². The van der Waals surface area contributed by atoms with Crippen molar-refractivity contribution in [1.82, 2.24) is 9.55 Å². The fourth-order valence-electron chi connectivity index (χ4n) is 5.22. The molecule has 1 fully saturated rings. The monoisotopic (exact) mass is 490 g/mol. The standard InChI is InChI=1S/C25H30F3N3O.CH3NO/c1-15-12-19(14-24(4,5)13-15)31-21-11-6-16(2)17(3)22(21)30-23(31)29-18-7-9-20(10-8-18)32-25(26,27)28;2-1-3/h6-11,15,19H,12-14H2,1-5H3,(H,29,30);1H,(H2,2,3). The Morgan fingerprint density at radius 2 is 1.77 bits per heavy atom. The molecule has 0 saturated heterocycles. The van der Waals surface area contributed by atoms with E-state index in [0.29, 0.717) is 17.6 Å². The van der Waals surface area contributed by atoms with Gasteiger partial charge in [-0.1, -0.05) is 26.8 Å². The van der Waals surface area contributed by atoms with Crippen LogP contribution in [0.3, 0.4) is 0 Å². The molecule has 190 valence electrons. The third kappa shape index (κ3) is 6.46. The van der Waals surface area contributed by atoms with Crippen molar-refractivity contribution < 1.29 is 22.7 Å². The van der Waals surface area contributed by atoms with E-state index in [2.05, 4.69) is 67.1 Å². The van der Waals surface area contributed by atoms with E-state index in [1.807, 2.05) is 0 Å². The van der Waals surface area contributed by atoms with Gasteiger partial charge in [0.15, 0.2) is 0 Å². The Kier molecular flexibility index (Phi) is 7.67. The van der Waals surface area contributed by atoms with Gasteiger partial charge in [-0.05, 0) is 85.9 Å².